The van der Waals surface area contributed by atoms with Gasteiger partial charge in [-0.05, 0) is 78.5 Å². The van der Waals surface area contributed by atoms with Crippen LogP contribution < -0.4 is 14.8 Å². The Balaban J connectivity index is 1.37. The fourth-order valence-electron chi connectivity index (χ4n) is 6.40. The number of aryl methyl sites for hydroxylation is 1. The summed E-state index contributed by atoms with van der Waals surface area (Å²) in [5.41, 5.74) is 3.51. The Bertz CT molecular complexity index is 1480. The van der Waals surface area contributed by atoms with Crippen molar-refractivity contribution in [2.24, 2.45) is 10.9 Å². The summed E-state index contributed by atoms with van der Waals surface area (Å²) in [6.07, 6.45) is 4.99. The van der Waals surface area contributed by atoms with E-state index in [0.717, 1.165) is 67.4 Å². The molecular weight excluding hydrogens is 589 g/mol. The molecule has 3 aliphatic heterocycles. The molecule has 1 aliphatic carbocycles. The highest BCUT2D eigenvalue weighted by molar-refractivity contribution is 7.93. The number of methoxy groups -OCH3 is 1. The highest BCUT2D eigenvalue weighted by atomic mass is 32.2. The summed E-state index contributed by atoms with van der Waals surface area (Å²) in [6.45, 7) is 13.5. The molecule has 2 saturated heterocycles. The molecule has 0 spiro atoms. The van der Waals surface area contributed by atoms with Crippen LogP contribution in [0.15, 0.2) is 17.3 Å². The zero-order valence-corrected chi connectivity index (χ0v) is 27.4. The predicted molar refractivity (Wildman–Crippen MR) is 170 cm³/mol. The van der Waals surface area contributed by atoms with Crippen LogP contribution in [-0.4, -0.2) is 97.2 Å². The first-order valence-electron chi connectivity index (χ1n) is 15.2. The van der Waals surface area contributed by atoms with Crippen LogP contribution in [0.4, 0.5) is 11.4 Å². The van der Waals surface area contributed by atoms with Gasteiger partial charge >= 0.3 is 0 Å². The second-order valence-electron chi connectivity index (χ2n) is 12.9. The van der Waals surface area contributed by atoms with E-state index in [-0.39, 0.29) is 11.1 Å². The van der Waals surface area contributed by atoms with Crippen molar-refractivity contribution < 1.29 is 23.0 Å². The highest BCUT2D eigenvalue weighted by Crippen LogP contribution is 2.43. The molecule has 3 fully saturated rings. The molecule has 236 valence electrons. The molecule has 0 radical (unpaired) electrons. The smallest absolute Gasteiger partial charge is 0.238 e. The zero-order valence-electron chi connectivity index (χ0n) is 25.8. The number of rotatable bonds is 9. The van der Waals surface area contributed by atoms with Crippen molar-refractivity contribution in [2.45, 2.75) is 76.6 Å². The normalized spacial score (nSPS) is 24.3. The van der Waals surface area contributed by atoms with E-state index in [9.17, 15) is 13.5 Å². The first-order chi connectivity index (χ1) is 20.4. The maximum absolute atomic E-state index is 12.9. The Hall–Kier alpha value is -2.29. The topological polar surface area (TPSA) is 129 Å². The van der Waals surface area contributed by atoms with Gasteiger partial charge in [0.15, 0.2) is 5.79 Å². The third kappa shape index (κ3) is 6.30. The lowest BCUT2D eigenvalue weighted by molar-refractivity contribution is -0.0136. The second kappa shape index (κ2) is 11.6. The molecule has 4 aliphatic rings. The number of piperidine rings is 1. The number of hydrogen-bond acceptors (Lipinski definition) is 11. The van der Waals surface area contributed by atoms with Gasteiger partial charge < -0.3 is 19.9 Å². The van der Waals surface area contributed by atoms with Gasteiger partial charge in [-0.1, -0.05) is 0 Å². The van der Waals surface area contributed by atoms with Crippen molar-refractivity contribution in [2.75, 3.05) is 56.5 Å². The molecule has 6 rings (SSSR count). The van der Waals surface area contributed by atoms with Gasteiger partial charge in [0, 0.05) is 41.8 Å². The van der Waals surface area contributed by atoms with Crippen molar-refractivity contribution in [3.05, 3.63) is 33.1 Å². The van der Waals surface area contributed by atoms with Gasteiger partial charge in [-0.2, -0.15) is 0 Å². The van der Waals surface area contributed by atoms with Crippen molar-refractivity contribution in [3.8, 4) is 5.88 Å². The number of nitrogens with one attached hydrogen (secondary N) is 2. The van der Waals surface area contributed by atoms with Crippen LogP contribution in [0.2, 0.25) is 0 Å². The van der Waals surface area contributed by atoms with Crippen molar-refractivity contribution >= 4 is 38.4 Å². The average Bonchev–Trinajstić information content (AvgIpc) is 3.79. The minimum atomic E-state index is -3.52. The van der Waals surface area contributed by atoms with Gasteiger partial charge in [0.2, 0.25) is 15.9 Å². The number of thiophene rings is 1. The fraction of sp³-hybridized carbons (Fsp3) is 0.667. The lowest BCUT2D eigenvalue weighted by atomic mass is 9.83. The fourth-order valence-corrected chi connectivity index (χ4v) is 8.91. The molecule has 0 aromatic carbocycles. The minimum Gasteiger partial charge on any atom is -0.480 e. The lowest BCUT2D eigenvalue weighted by Crippen LogP contribution is -2.57. The maximum atomic E-state index is 12.9. The van der Waals surface area contributed by atoms with Gasteiger partial charge in [0.1, 0.15) is 5.69 Å². The molecule has 43 heavy (non-hydrogen) atoms. The number of anilines is 2. The van der Waals surface area contributed by atoms with Gasteiger partial charge in [0.25, 0.3) is 0 Å². The van der Waals surface area contributed by atoms with Crippen LogP contribution in [0.3, 0.4) is 0 Å². The molecule has 2 aromatic rings. The molecule has 1 saturated carbocycles. The molecule has 11 nitrogen and oxygen atoms in total. The summed E-state index contributed by atoms with van der Waals surface area (Å²) < 4.78 is 39.6. The summed E-state index contributed by atoms with van der Waals surface area (Å²) >= 11 is 1.70. The Morgan fingerprint density at radius 3 is 2.53 bits per heavy atom. The number of nitrogens with zero attached hydrogens (tertiary/aromatic N) is 4. The van der Waals surface area contributed by atoms with Crippen molar-refractivity contribution in [1.29, 1.82) is 0 Å². The largest absolute Gasteiger partial charge is 0.480 e. The molecule has 13 heteroatoms. The van der Waals surface area contributed by atoms with E-state index in [1.807, 2.05) is 13.8 Å². The SMILES string of the molecule is COc1ncc(C2=NC(C)(N3CCOCC3)Nc3c2sc(C)c3CN2CCC(C(C)(C)O)CC2)cc1NS(=O)(=O)C1CC1. The summed E-state index contributed by atoms with van der Waals surface area (Å²) in [7, 11) is -2.02. The summed E-state index contributed by atoms with van der Waals surface area (Å²) in [5, 5.41) is 14.0. The van der Waals surface area contributed by atoms with E-state index in [4.69, 9.17) is 14.5 Å². The van der Waals surface area contributed by atoms with E-state index < -0.39 is 21.4 Å². The minimum absolute atomic E-state index is 0.233. The van der Waals surface area contributed by atoms with Crippen LogP contribution in [0, 0.1) is 12.8 Å². The first kappa shape index (κ1) is 30.7. The number of likely N-dealkylation sites (tertiary alicyclic amines) is 1. The third-order valence-corrected chi connectivity index (χ3v) is 12.3. The Labute approximate surface area is 258 Å². The number of aromatic nitrogens is 1. The Morgan fingerprint density at radius 1 is 1.21 bits per heavy atom. The molecule has 2 aromatic heterocycles. The number of morpholine rings is 1. The first-order valence-corrected chi connectivity index (χ1v) is 17.6. The molecular formula is C30H44N6O5S2. The highest BCUT2D eigenvalue weighted by Gasteiger charge is 2.41. The molecule has 0 bridgehead atoms. The number of aliphatic hydroxyl groups is 1. The average molecular weight is 633 g/mol. The Morgan fingerprint density at radius 2 is 1.91 bits per heavy atom. The van der Waals surface area contributed by atoms with Crippen LogP contribution in [-0.2, 0) is 21.3 Å². The van der Waals surface area contributed by atoms with Gasteiger partial charge in [-0.15, -0.1) is 11.3 Å². The maximum Gasteiger partial charge on any atom is 0.238 e. The standard InChI is InChI=1S/C30H44N6O5S2/c1-19-23(18-35-10-8-21(9-11-35)29(2,3)37)26-27(42-19)25(32-30(4,33-26)36-12-14-41-15-13-36)20-16-24(28(40-5)31-17-20)34-43(38,39)22-6-7-22/h16-17,21-22,33-34,37H,6-15,18H2,1-5H3. The number of aliphatic imine (C=N–C) groups is 1. The van der Waals surface area contributed by atoms with E-state index >= 15 is 0 Å². The number of fused-ring (bicyclic) bond motifs is 1. The lowest BCUT2D eigenvalue weighted by Gasteiger charge is -2.44. The second-order valence-corrected chi connectivity index (χ2v) is 16.1. The quantitative estimate of drug-likeness (QED) is 0.380. The monoisotopic (exact) mass is 632 g/mol. The zero-order chi connectivity index (χ0) is 30.6. The van der Waals surface area contributed by atoms with Crippen LogP contribution in [0.25, 0.3) is 0 Å². The molecule has 1 unspecified atom stereocenters. The molecule has 3 N–H and O–H groups in total. The van der Waals surface area contributed by atoms with E-state index in [1.165, 1.54) is 17.6 Å². The van der Waals surface area contributed by atoms with Gasteiger partial charge in [0.05, 0.1) is 47.5 Å². The van der Waals surface area contributed by atoms with Crippen LogP contribution in [0.1, 0.15) is 67.3 Å². The predicted octanol–water partition coefficient (Wildman–Crippen LogP) is 3.62. The van der Waals surface area contributed by atoms with Crippen molar-refractivity contribution in [1.82, 2.24) is 14.8 Å². The summed E-state index contributed by atoms with van der Waals surface area (Å²) in [4.78, 5) is 16.9. The van der Waals surface area contributed by atoms with Crippen LogP contribution >= 0.6 is 11.3 Å². The van der Waals surface area contributed by atoms with E-state index in [0.29, 0.717) is 37.7 Å². The van der Waals surface area contributed by atoms with Crippen molar-refractivity contribution in [3.63, 3.8) is 0 Å². The van der Waals surface area contributed by atoms with Gasteiger partial charge in [-0.25, -0.2) is 18.4 Å². The summed E-state index contributed by atoms with van der Waals surface area (Å²) in [6, 6.07) is 1.80. The number of ether oxygens (including phenoxy) is 2. The third-order valence-electron chi connectivity index (χ3n) is 9.24. The molecule has 1 atom stereocenters. The number of hydrogen-bond donors (Lipinski definition) is 3. The molecule has 0 amide bonds. The number of pyridine rings is 1. The van der Waals surface area contributed by atoms with Gasteiger partial charge in [-0.3, -0.25) is 14.5 Å². The number of sulfonamides is 1. The van der Waals surface area contributed by atoms with E-state index in [2.05, 4.69) is 38.7 Å². The van der Waals surface area contributed by atoms with Crippen LogP contribution in [0.5, 0.6) is 5.88 Å². The van der Waals surface area contributed by atoms with E-state index in [1.54, 1.807) is 23.6 Å². The summed E-state index contributed by atoms with van der Waals surface area (Å²) in [5.74, 6) is -0.191. The Kier molecular flexibility index (Phi) is 8.27. The molecule has 5 heterocycles.